The Morgan fingerprint density at radius 2 is 1.96 bits per heavy atom. The van der Waals surface area contributed by atoms with Gasteiger partial charge in [0.2, 0.25) is 5.91 Å². The topological polar surface area (TPSA) is 60.7 Å². The van der Waals surface area contributed by atoms with Gasteiger partial charge in [0.1, 0.15) is 0 Å². The van der Waals surface area contributed by atoms with Crippen molar-refractivity contribution in [3.05, 3.63) is 71.5 Å². The summed E-state index contributed by atoms with van der Waals surface area (Å²) in [6.45, 7) is 2.73. The van der Waals surface area contributed by atoms with E-state index in [9.17, 15) is 4.79 Å². The summed E-state index contributed by atoms with van der Waals surface area (Å²) in [6, 6.07) is 16.4. The van der Waals surface area contributed by atoms with E-state index in [1.54, 1.807) is 0 Å². The SMILES string of the molecule is Cc1[nH]c2ccccc2c1CCNC(=O)Cc1ccc2[nH]ccc2c1. The van der Waals surface area contributed by atoms with Crippen LogP contribution in [-0.4, -0.2) is 22.4 Å². The number of nitrogens with one attached hydrogen (secondary N) is 3. The molecule has 3 N–H and O–H groups in total. The molecule has 0 aliphatic rings. The van der Waals surface area contributed by atoms with Crippen molar-refractivity contribution in [2.45, 2.75) is 19.8 Å². The number of aromatic amines is 2. The van der Waals surface area contributed by atoms with Gasteiger partial charge < -0.3 is 15.3 Å². The number of H-pyrrole nitrogens is 2. The zero-order chi connectivity index (χ0) is 17.2. The van der Waals surface area contributed by atoms with Crippen LogP contribution >= 0.6 is 0 Å². The number of rotatable bonds is 5. The molecule has 25 heavy (non-hydrogen) atoms. The standard InChI is InChI=1S/C21H21N3O/c1-14-17(18-4-2-3-5-20(18)24-14)9-11-23-21(25)13-15-6-7-19-16(12-15)8-10-22-19/h2-8,10,12,22,24H,9,11,13H2,1H3,(H,23,25). The Hall–Kier alpha value is -3.01. The maximum absolute atomic E-state index is 12.2. The molecule has 0 spiro atoms. The molecule has 4 heteroatoms. The number of benzene rings is 2. The van der Waals surface area contributed by atoms with Crippen LogP contribution in [0, 0.1) is 6.92 Å². The van der Waals surface area contributed by atoms with Gasteiger partial charge in [0.25, 0.3) is 0 Å². The lowest BCUT2D eigenvalue weighted by Crippen LogP contribution is -2.27. The molecule has 0 saturated heterocycles. The van der Waals surface area contributed by atoms with Crippen molar-refractivity contribution < 1.29 is 4.79 Å². The molecule has 2 aromatic carbocycles. The highest BCUT2D eigenvalue weighted by Gasteiger charge is 2.09. The normalized spacial score (nSPS) is 11.2. The number of carbonyl (C=O) groups excluding carboxylic acids is 1. The van der Waals surface area contributed by atoms with Crippen molar-refractivity contribution in [2.75, 3.05) is 6.54 Å². The van der Waals surface area contributed by atoms with Crippen LogP contribution in [0.4, 0.5) is 0 Å². The van der Waals surface area contributed by atoms with Crippen LogP contribution in [0.15, 0.2) is 54.7 Å². The summed E-state index contributed by atoms with van der Waals surface area (Å²) >= 11 is 0. The van der Waals surface area contributed by atoms with Gasteiger partial charge in [0.05, 0.1) is 6.42 Å². The van der Waals surface area contributed by atoms with Gasteiger partial charge in [0, 0.05) is 34.9 Å². The molecule has 1 amide bonds. The molecule has 2 aromatic heterocycles. The fourth-order valence-corrected chi connectivity index (χ4v) is 3.44. The number of hydrogen-bond acceptors (Lipinski definition) is 1. The number of aromatic nitrogens is 2. The van der Waals surface area contributed by atoms with Crippen molar-refractivity contribution in [2.24, 2.45) is 0 Å². The molecule has 4 aromatic rings. The molecule has 0 atom stereocenters. The van der Waals surface area contributed by atoms with E-state index in [1.807, 2.05) is 30.5 Å². The Kier molecular flexibility index (Phi) is 4.02. The minimum Gasteiger partial charge on any atom is -0.361 e. The van der Waals surface area contributed by atoms with Crippen molar-refractivity contribution in [1.29, 1.82) is 0 Å². The molecule has 0 unspecified atom stereocenters. The highest BCUT2D eigenvalue weighted by Crippen LogP contribution is 2.22. The Morgan fingerprint density at radius 3 is 2.88 bits per heavy atom. The lowest BCUT2D eigenvalue weighted by atomic mass is 10.1. The first-order chi connectivity index (χ1) is 12.2. The molecule has 2 heterocycles. The van der Waals surface area contributed by atoms with E-state index in [0.29, 0.717) is 13.0 Å². The number of amides is 1. The van der Waals surface area contributed by atoms with Crippen LogP contribution in [0.25, 0.3) is 21.8 Å². The quantitative estimate of drug-likeness (QED) is 0.511. The van der Waals surface area contributed by atoms with Gasteiger partial charge in [-0.15, -0.1) is 0 Å². The van der Waals surface area contributed by atoms with Crippen molar-refractivity contribution in [1.82, 2.24) is 15.3 Å². The molecular formula is C21H21N3O. The monoisotopic (exact) mass is 331 g/mol. The van der Waals surface area contributed by atoms with E-state index < -0.39 is 0 Å². The largest absolute Gasteiger partial charge is 0.361 e. The lowest BCUT2D eigenvalue weighted by molar-refractivity contribution is -0.120. The summed E-state index contributed by atoms with van der Waals surface area (Å²) in [5.41, 5.74) is 5.74. The van der Waals surface area contributed by atoms with Crippen molar-refractivity contribution in [3.63, 3.8) is 0 Å². The number of carbonyl (C=O) groups is 1. The summed E-state index contributed by atoms with van der Waals surface area (Å²) in [6.07, 6.45) is 3.16. The summed E-state index contributed by atoms with van der Waals surface area (Å²) < 4.78 is 0. The first-order valence-corrected chi connectivity index (χ1v) is 8.59. The van der Waals surface area contributed by atoms with Crippen LogP contribution in [0.1, 0.15) is 16.8 Å². The summed E-state index contributed by atoms with van der Waals surface area (Å²) in [7, 11) is 0. The summed E-state index contributed by atoms with van der Waals surface area (Å²) in [5, 5.41) is 5.42. The number of hydrogen-bond donors (Lipinski definition) is 3. The third kappa shape index (κ3) is 3.15. The van der Waals surface area contributed by atoms with Crippen LogP contribution < -0.4 is 5.32 Å². The molecular weight excluding hydrogens is 310 g/mol. The molecule has 126 valence electrons. The molecule has 0 fully saturated rings. The van der Waals surface area contributed by atoms with E-state index in [4.69, 9.17) is 0 Å². The number of fused-ring (bicyclic) bond motifs is 2. The third-order valence-corrected chi connectivity index (χ3v) is 4.71. The fraction of sp³-hybridized carbons (Fsp3) is 0.190. The second-order valence-electron chi connectivity index (χ2n) is 6.45. The van der Waals surface area contributed by atoms with E-state index >= 15 is 0 Å². The van der Waals surface area contributed by atoms with Crippen molar-refractivity contribution in [3.8, 4) is 0 Å². The highest BCUT2D eigenvalue weighted by molar-refractivity contribution is 5.85. The summed E-state index contributed by atoms with van der Waals surface area (Å²) in [5.74, 6) is 0.0624. The zero-order valence-corrected chi connectivity index (χ0v) is 14.2. The molecule has 4 nitrogen and oxygen atoms in total. The zero-order valence-electron chi connectivity index (χ0n) is 14.2. The molecule has 0 aliphatic carbocycles. The van der Waals surface area contributed by atoms with Crippen LogP contribution in [0.3, 0.4) is 0 Å². The molecule has 0 aliphatic heterocycles. The van der Waals surface area contributed by atoms with E-state index in [1.165, 1.54) is 16.6 Å². The van der Waals surface area contributed by atoms with Gasteiger partial charge in [-0.1, -0.05) is 24.3 Å². The van der Waals surface area contributed by atoms with E-state index in [2.05, 4.69) is 46.5 Å². The fourth-order valence-electron chi connectivity index (χ4n) is 3.44. The van der Waals surface area contributed by atoms with E-state index in [0.717, 1.165) is 28.4 Å². The Morgan fingerprint density at radius 1 is 1.08 bits per heavy atom. The third-order valence-electron chi connectivity index (χ3n) is 4.71. The van der Waals surface area contributed by atoms with Crippen LogP contribution in [0.5, 0.6) is 0 Å². The second kappa shape index (κ2) is 6.48. The first kappa shape index (κ1) is 15.5. The molecule has 0 radical (unpaired) electrons. The minimum atomic E-state index is 0.0624. The van der Waals surface area contributed by atoms with Gasteiger partial charge in [-0.25, -0.2) is 0 Å². The first-order valence-electron chi connectivity index (χ1n) is 8.59. The lowest BCUT2D eigenvalue weighted by Gasteiger charge is -2.06. The summed E-state index contributed by atoms with van der Waals surface area (Å²) in [4.78, 5) is 18.8. The number of para-hydroxylation sites is 1. The predicted octanol–water partition coefficient (Wildman–Crippen LogP) is 3.86. The maximum Gasteiger partial charge on any atom is 0.224 e. The molecule has 0 bridgehead atoms. The predicted molar refractivity (Wildman–Crippen MR) is 102 cm³/mol. The Bertz CT molecular complexity index is 1040. The Labute approximate surface area is 146 Å². The number of aryl methyl sites for hydroxylation is 1. The maximum atomic E-state index is 12.2. The molecule has 0 saturated carbocycles. The van der Waals surface area contributed by atoms with Gasteiger partial charge in [-0.05, 0) is 54.1 Å². The average molecular weight is 331 g/mol. The molecule has 4 rings (SSSR count). The highest BCUT2D eigenvalue weighted by atomic mass is 16.1. The van der Waals surface area contributed by atoms with Gasteiger partial charge in [0.15, 0.2) is 0 Å². The average Bonchev–Trinajstić information content (AvgIpc) is 3.19. The Balaban J connectivity index is 1.37. The van der Waals surface area contributed by atoms with Gasteiger partial charge in [-0.2, -0.15) is 0 Å². The smallest absolute Gasteiger partial charge is 0.224 e. The van der Waals surface area contributed by atoms with Gasteiger partial charge >= 0.3 is 0 Å². The van der Waals surface area contributed by atoms with E-state index in [-0.39, 0.29) is 5.91 Å². The minimum absolute atomic E-state index is 0.0624. The van der Waals surface area contributed by atoms with Crippen LogP contribution in [0.2, 0.25) is 0 Å². The van der Waals surface area contributed by atoms with Crippen LogP contribution in [-0.2, 0) is 17.6 Å². The van der Waals surface area contributed by atoms with Gasteiger partial charge in [-0.3, -0.25) is 4.79 Å². The second-order valence-corrected chi connectivity index (χ2v) is 6.45. The van der Waals surface area contributed by atoms with Crippen molar-refractivity contribution >= 4 is 27.7 Å².